The molecule has 0 N–H and O–H groups in total. The van der Waals surface area contributed by atoms with E-state index in [0.717, 1.165) is 53.6 Å². The van der Waals surface area contributed by atoms with Crippen molar-refractivity contribution in [2.24, 2.45) is 5.92 Å². The molecule has 4 aromatic rings. The summed E-state index contributed by atoms with van der Waals surface area (Å²) >= 11 is 2.45. The molecule has 1 saturated carbocycles. The van der Waals surface area contributed by atoms with Gasteiger partial charge >= 0.3 is 0 Å². The average Bonchev–Trinajstić information content (AvgIpc) is 3.17. The summed E-state index contributed by atoms with van der Waals surface area (Å²) in [5.74, 6) is 1.11. The molecule has 0 saturated heterocycles. The Labute approximate surface area is 206 Å². The first-order valence-electron chi connectivity index (χ1n) is 11.3. The third-order valence-corrected chi connectivity index (χ3v) is 7.64. The van der Waals surface area contributed by atoms with E-state index in [9.17, 15) is 9.65 Å². The molecule has 166 valence electrons. The Hall–Kier alpha value is -2.85. The molecule has 1 fully saturated rings. The van der Waals surface area contributed by atoms with Crippen LogP contribution in [0, 0.1) is 26.6 Å². The largest absolute Gasteiger partial charge is 0.488 e. The maximum atomic E-state index is 13.7. The van der Waals surface area contributed by atoms with Crippen molar-refractivity contribution in [1.82, 2.24) is 4.57 Å². The van der Waals surface area contributed by atoms with Gasteiger partial charge in [-0.3, -0.25) is 0 Å². The van der Waals surface area contributed by atoms with E-state index in [0.29, 0.717) is 12.5 Å². The molecule has 1 aromatic heterocycles. The smallest absolute Gasteiger partial charge is 0.130 e. The van der Waals surface area contributed by atoms with Crippen molar-refractivity contribution in [3.8, 4) is 17.5 Å². The summed E-state index contributed by atoms with van der Waals surface area (Å²) in [5.41, 5.74) is 4.37. The first kappa shape index (κ1) is 22.0. The van der Waals surface area contributed by atoms with Crippen LogP contribution in [0.4, 0.5) is 4.39 Å². The lowest BCUT2D eigenvalue weighted by Gasteiger charge is -2.27. The zero-order valence-electron chi connectivity index (χ0n) is 18.2. The normalized spacial score (nSPS) is 18.2. The van der Waals surface area contributed by atoms with Gasteiger partial charge in [-0.25, -0.2) is 4.39 Å². The standard InChI is InChI=1S/C28H24FIN2O/c29-22-13-15-23(16-14-22)32-24-7-4-8-25(33-18-20-5-2-1-3-6-20)26(24)27(30)28(32)21-11-9-19(17-31)10-12-21/h1-8,13-16,19,21H,9-12,18H2. The summed E-state index contributed by atoms with van der Waals surface area (Å²) in [5, 5.41) is 10.4. The Bertz CT molecular complexity index is 1300. The zero-order valence-corrected chi connectivity index (χ0v) is 20.3. The SMILES string of the molecule is N#CC1CCC(c2c(I)c3c(OCc4ccccc4)cccc3n2-c2ccc(F)cc2)CC1. The van der Waals surface area contributed by atoms with Gasteiger partial charge in [0.25, 0.3) is 0 Å². The Morgan fingerprint density at radius 2 is 1.67 bits per heavy atom. The van der Waals surface area contributed by atoms with Gasteiger partial charge in [-0.05, 0) is 90.2 Å². The van der Waals surface area contributed by atoms with Crippen molar-refractivity contribution in [2.75, 3.05) is 0 Å². The second-order valence-corrected chi connectivity index (χ2v) is 9.69. The van der Waals surface area contributed by atoms with E-state index in [1.807, 2.05) is 42.5 Å². The number of halogens is 2. The van der Waals surface area contributed by atoms with Crippen molar-refractivity contribution >= 4 is 33.5 Å². The number of nitrogens with zero attached hydrogens (tertiary/aromatic N) is 2. The van der Waals surface area contributed by atoms with Crippen molar-refractivity contribution in [1.29, 1.82) is 5.26 Å². The summed E-state index contributed by atoms with van der Waals surface area (Å²) < 4.78 is 23.5. The van der Waals surface area contributed by atoms with Gasteiger partial charge < -0.3 is 9.30 Å². The molecule has 1 heterocycles. The molecule has 0 bridgehead atoms. The topological polar surface area (TPSA) is 37.9 Å². The van der Waals surface area contributed by atoms with E-state index in [2.05, 4.69) is 51.4 Å². The number of fused-ring (bicyclic) bond motifs is 1. The molecule has 1 aliphatic rings. The van der Waals surface area contributed by atoms with Crippen LogP contribution in [0.2, 0.25) is 0 Å². The molecule has 0 atom stereocenters. The number of hydrogen-bond donors (Lipinski definition) is 0. The fourth-order valence-corrected chi connectivity index (χ4v) is 6.09. The van der Waals surface area contributed by atoms with E-state index in [-0.39, 0.29) is 11.7 Å². The van der Waals surface area contributed by atoms with Crippen LogP contribution < -0.4 is 4.74 Å². The van der Waals surface area contributed by atoms with E-state index in [1.54, 1.807) is 0 Å². The number of rotatable bonds is 5. The van der Waals surface area contributed by atoms with Crippen molar-refractivity contribution < 1.29 is 9.13 Å². The first-order valence-corrected chi connectivity index (χ1v) is 12.4. The van der Waals surface area contributed by atoms with E-state index >= 15 is 0 Å². The number of benzene rings is 3. The van der Waals surface area contributed by atoms with Crippen LogP contribution in [-0.4, -0.2) is 4.57 Å². The molecule has 0 amide bonds. The van der Waals surface area contributed by atoms with Gasteiger partial charge in [-0.1, -0.05) is 36.4 Å². The summed E-state index contributed by atoms with van der Waals surface area (Å²) in [4.78, 5) is 0. The fourth-order valence-electron chi connectivity index (χ4n) is 4.86. The first-order chi connectivity index (χ1) is 16.2. The molecule has 0 radical (unpaired) electrons. The number of ether oxygens (including phenoxy) is 1. The fraction of sp³-hybridized carbons (Fsp3) is 0.250. The predicted octanol–water partition coefficient (Wildman–Crippen LogP) is 7.75. The predicted molar refractivity (Wildman–Crippen MR) is 137 cm³/mol. The van der Waals surface area contributed by atoms with Crippen molar-refractivity contribution in [3.05, 3.63) is 93.4 Å². The lowest BCUT2D eigenvalue weighted by Crippen LogP contribution is -2.15. The molecule has 0 unspecified atom stereocenters. The maximum Gasteiger partial charge on any atom is 0.130 e. The molecule has 33 heavy (non-hydrogen) atoms. The Kier molecular flexibility index (Phi) is 6.37. The second kappa shape index (κ2) is 9.56. The molecule has 5 heteroatoms. The maximum absolute atomic E-state index is 13.7. The van der Waals surface area contributed by atoms with Crippen LogP contribution in [0.3, 0.4) is 0 Å². The number of aromatic nitrogens is 1. The lowest BCUT2D eigenvalue weighted by molar-refractivity contribution is 0.310. The summed E-state index contributed by atoms with van der Waals surface area (Å²) in [6, 6.07) is 25.5. The van der Waals surface area contributed by atoms with Crippen LogP contribution in [0.5, 0.6) is 5.75 Å². The van der Waals surface area contributed by atoms with Gasteiger partial charge in [0.1, 0.15) is 18.2 Å². The highest BCUT2D eigenvalue weighted by Gasteiger charge is 2.29. The molecule has 5 rings (SSSR count). The molecule has 3 nitrogen and oxygen atoms in total. The quantitative estimate of drug-likeness (QED) is 0.238. The molecule has 0 spiro atoms. The van der Waals surface area contributed by atoms with Crippen LogP contribution >= 0.6 is 22.6 Å². The molecule has 3 aromatic carbocycles. The highest BCUT2D eigenvalue weighted by atomic mass is 127. The molecular formula is C28H24FIN2O. The van der Waals surface area contributed by atoms with Gasteiger partial charge in [-0.15, -0.1) is 0 Å². The van der Waals surface area contributed by atoms with Crippen LogP contribution in [0.1, 0.15) is 42.9 Å². The van der Waals surface area contributed by atoms with Crippen LogP contribution in [0.15, 0.2) is 72.8 Å². The van der Waals surface area contributed by atoms with Crippen molar-refractivity contribution in [3.63, 3.8) is 0 Å². The van der Waals surface area contributed by atoms with Gasteiger partial charge in [0.05, 0.1) is 17.0 Å². The number of nitriles is 1. The van der Waals surface area contributed by atoms with Gasteiger partial charge in [0, 0.05) is 26.8 Å². The highest BCUT2D eigenvalue weighted by molar-refractivity contribution is 14.1. The highest BCUT2D eigenvalue weighted by Crippen LogP contribution is 2.44. The van der Waals surface area contributed by atoms with Crippen LogP contribution in [0.25, 0.3) is 16.6 Å². The van der Waals surface area contributed by atoms with Crippen molar-refractivity contribution in [2.45, 2.75) is 38.2 Å². The summed E-state index contributed by atoms with van der Waals surface area (Å²) in [7, 11) is 0. The summed E-state index contributed by atoms with van der Waals surface area (Å²) in [6.07, 6.45) is 3.79. The summed E-state index contributed by atoms with van der Waals surface area (Å²) in [6.45, 7) is 0.500. The van der Waals surface area contributed by atoms with Gasteiger partial charge in [0.2, 0.25) is 0 Å². The van der Waals surface area contributed by atoms with Crippen LogP contribution in [-0.2, 0) is 6.61 Å². The van der Waals surface area contributed by atoms with E-state index in [1.165, 1.54) is 21.4 Å². The van der Waals surface area contributed by atoms with Gasteiger partial charge in [0.15, 0.2) is 0 Å². The monoisotopic (exact) mass is 550 g/mol. The minimum atomic E-state index is -0.243. The number of hydrogen-bond acceptors (Lipinski definition) is 2. The lowest BCUT2D eigenvalue weighted by atomic mass is 9.81. The third-order valence-electron chi connectivity index (χ3n) is 6.55. The average molecular weight is 550 g/mol. The Morgan fingerprint density at radius 3 is 2.36 bits per heavy atom. The Morgan fingerprint density at radius 1 is 0.939 bits per heavy atom. The van der Waals surface area contributed by atoms with Gasteiger partial charge in [-0.2, -0.15) is 5.26 Å². The van der Waals surface area contributed by atoms with E-state index < -0.39 is 0 Å². The molecule has 0 aliphatic heterocycles. The zero-order chi connectivity index (χ0) is 22.8. The molecule has 1 aliphatic carbocycles. The minimum absolute atomic E-state index is 0.146. The molecular weight excluding hydrogens is 526 g/mol. The minimum Gasteiger partial charge on any atom is -0.488 e. The van der Waals surface area contributed by atoms with E-state index in [4.69, 9.17) is 4.74 Å². The third kappa shape index (κ3) is 4.37. The Balaban J connectivity index is 1.62. The second-order valence-electron chi connectivity index (χ2n) is 8.61.